The molecule has 14 nitrogen and oxygen atoms in total. The number of aliphatic carboxylic acids is 1. The van der Waals surface area contributed by atoms with Gasteiger partial charge in [-0.15, -0.1) is 6.58 Å². The van der Waals surface area contributed by atoms with Crippen molar-refractivity contribution in [2.24, 2.45) is 0 Å². The number of carbonyl (C=O) groups is 4. The van der Waals surface area contributed by atoms with E-state index in [1.165, 1.54) is 0 Å². The molecule has 0 aromatic carbocycles. The van der Waals surface area contributed by atoms with E-state index in [4.69, 9.17) is 43.0 Å². The van der Waals surface area contributed by atoms with Crippen molar-refractivity contribution in [1.29, 1.82) is 0 Å². The SMILES string of the molecule is C=C(C)CCOCCOCCOCC(=O)NC(COCCC(=O)O)(COCCC(=O)OC(C)C)COCCC(=O)OC(C)C. The molecule has 0 aliphatic rings. The van der Waals surface area contributed by atoms with Crippen molar-refractivity contribution in [1.82, 2.24) is 5.32 Å². The fraction of sp³-hybridized carbons (Fsp3) is 0.800. The summed E-state index contributed by atoms with van der Waals surface area (Å²) in [7, 11) is 0. The maximum Gasteiger partial charge on any atom is 0.308 e. The van der Waals surface area contributed by atoms with Crippen LogP contribution in [0.5, 0.6) is 0 Å². The van der Waals surface area contributed by atoms with Gasteiger partial charge in [-0.2, -0.15) is 0 Å². The second-order valence-electron chi connectivity index (χ2n) is 10.7. The number of esters is 2. The van der Waals surface area contributed by atoms with Gasteiger partial charge in [0.2, 0.25) is 5.91 Å². The van der Waals surface area contributed by atoms with Crippen LogP contribution < -0.4 is 5.32 Å². The number of rotatable bonds is 29. The van der Waals surface area contributed by atoms with Gasteiger partial charge in [-0.25, -0.2) is 0 Å². The van der Waals surface area contributed by atoms with Gasteiger partial charge in [0.1, 0.15) is 12.1 Å². The molecular formula is C30H53NO13. The summed E-state index contributed by atoms with van der Waals surface area (Å²) in [5, 5.41) is 11.8. The molecule has 0 rings (SSSR count). The van der Waals surface area contributed by atoms with Crippen LogP contribution in [0.1, 0.15) is 60.3 Å². The van der Waals surface area contributed by atoms with Gasteiger partial charge in [-0.1, -0.05) is 5.57 Å². The van der Waals surface area contributed by atoms with E-state index in [9.17, 15) is 19.2 Å². The minimum absolute atomic E-state index is 0.0102. The number of amides is 1. The van der Waals surface area contributed by atoms with E-state index in [0.29, 0.717) is 19.8 Å². The Hall–Kier alpha value is -2.62. The molecule has 0 aromatic rings. The minimum Gasteiger partial charge on any atom is -0.481 e. The number of carboxylic acids is 1. The molecule has 0 aromatic heterocycles. The standard InChI is InChI=1S/C30H53NO13/c1-23(2)7-11-37-15-16-38-17-18-39-19-26(32)31-30(20-40-12-8-27(33)34,21-41-13-9-28(35)43-24(3)4)22-42-14-10-29(36)44-25(5)6/h24-25H,1,7-22H2,2-6H3,(H,31,32)(H,33,34). The van der Waals surface area contributed by atoms with E-state index in [1.54, 1.807) is 27.7 Å². The molecule has 0 atom stereocenters. The van der Waals surface area contributed by atoms with Crippen molar-refractivity contribution >= 4 is 23.8 Å². The fourth-order valence-electron chi connectivity index (χ4n) is 3.33. The van der Waals surface area contributed by atoms with E-state index in [1.807, 2.05) is 6.92 Å². The molecule has 0 fully saturated rings. The lowest BCUT2D eigenvalue weighted by Gasteiger charge is -2.34. The molecule has 44 heavy (non-hydrogen) atoms. The first-order chi connectivity index (χ1) is 20.8. The van der Waals surface area contributed by atoms with Gasteiger partial charge >= 0.3 is 17.9 Å². The third kappa shape index (κ3) is 25.8. The van der Waals surface area contributed by atoms with Crippen molar-refractivity contribution in [3.63, 3.8) is 0 Å². The van der Waals surface area contributed by atoms with Crippen molar-refractivity contribution < 1.29 is 62.2 Å². The summed E-state index contributed by atoms with van der Waals surface area (Å²) in [5.41, 5.74) is -0.246. The topological polar surface area (TPSA) is 174 Å². The molecule has 0 spiro atoms. The monoisotopic (exact) mass is 635 g/mol. The fourth-order valence-corrected chi connectivity index (χ4v) is 3.33. The second-order valence-corrected chi connectivity index (χ2v) is 10.7. The molecule has 0 radical (unpaired) electrons. The van der Waals surface area contributed by atoms with Crippen molar-refractivity contribution in [2.45, 2.75) is 78.0 Å². The van der Waals surface area contributed by atoms with Gasteiger partial charge in [-0.05, 0) is 41.0 Å². The van der Waals surface area contributed by atoms with Gasteiger partial charge in [0.05, 0.1) is 104 Å². The number of ether oxygens (including phenoxy) is 8. The lowest BCUT2D eigenvalue weighted by molar-refractivity contribution is -0.149. The lowest BCUT2D eigenvalue weighted by Crippen LogP contribution is -2.59. The molecule has 2 N–H and O–H groups in total. The number of carboxylic acid groups (broad SMARTS) is 1. The smallest absolute Gasteiger partial charge is 0.308 e. The maximum atomic E-state index is 12.9. The van der Waals surface area contributed by atoms with E-state index in [0.717, 1.165) is 12.0 Å². The molecule has 256 valence electrons. The van der Waals surface area contributed by atoms with Gasteiger partial charge in [0.15, 0.2) is 0 Å². The summed E-state index contributed by atoms with van der Waals surface area (Å²) in [4.78, 5) is 47.7. The summed E-state index contributed by atoms with van der Waals surface area (Å²) in [5.74, 6) is -2.45. The van der Waals surface area contributed by atoms with Crippen LogP contribution in [0.15, 0.2) is 12.2 Å². The average molecular weight is 636 g/mol. The van der Waals surface area contributed by atoms with Crippen LogP contribution >= 0.6 is 0 Å². The van der Waals surface area contributed by atoms with Crippen LogP contribution in [-0.4, -0.2) is 126 Å². The highest BCUT2D eigenvalue weighted by atomic mass is 16.6. The van der Waals surface area contributed by atoms with Crippen LogP contribution in [0.3, 0.4) is 0 Å². The van der Waals surface area contributed by atoms with Gasteiger partial charge < -0.3 is 48.3 Å². The minimum atomic E-state index is -1.29. The first kappa shape index (κ1) is 41.4. The van der Waals surface area contributed by atoms with Gasteiger partial charge in [0.25, 0.3) is 0 Å². The van der Waals surface area contributed by atoms with Crippen molar-refractivity contribution in [3.05, 3.63) is 12.2 Å². The molecule has 0 heterocycles. The van der Waals surface area contributed by atoms with Crippen LogP contribution in [0.2, 0.25) is 0 Å². The Morgan fingerprint density at radius 1 is 0.636 bits per heavy atom. The van der Waals surface area contributed by atoms with E-state index in [2.05, 4.69) is 11.9 Å². The third-order valence-electron chi connectivity index (χ3n) is 5.29. The molecule has 0 saturated carbocycles. The molecule has 0 bridgehead atoms. The van der Waals surface area contributed by atoms with Crippen molar-refractivity contribution in [2.75, 3.05) is 79.3 Å². The van der Waals surface area contributed by atoms with E-state index >= 15 is 0 Å². The Kier molecular flexibility index (Phi) is 24.2. The van der Waals surface area contributed by atoms with Crippen LogP contribution in [0.4, 0.5) is 0 Å². The highest BCUT2D eigenvalue weighted by molar-refractivity contribution is 5.78. The first-order valence-electron chi connectivity index (χ1n) is 14.9. The molecule has 0 aliphatic carbocycles. The molecule has 0 aliphatic heterocycles. The number of hydrogen-bond acceptors (Lipinski definition) is 12. The quantitative estimate of drug-likeness (QED) is 0.0695. The summed E-state index contributed by atoms with van der Waals surface area (Å²) >= 11 is 0. The summed E-state index contributed by atoms with van der Waals surface area (Å²) in [6.07, 6.45) is -0.0571. The highest BCUT2D eigenvalue weighted by Gasteiger charge is 2.34. The predicted octanol–water partition coefficient (Wildman–Crippen LogP) is 2.07. The maximum absolute atomic E-state index is 12.9. The second kappa shape index (κ2) is 25.7. The summed E-state index contributed by atoms with van der Waals surface area (Å²) in [6.45, 7) is 13.6. The van der Waals surface area contributed by atoms with Crippen LogP contribution in [-0.2, 0) is 57.1 Å². The third-order valence-corrected chi connectivity index (χ3v) is 5.29. The Bertz CT molecular complexity index is 802. The molecule has 0 unspecified atom stereocenters. The summed E-state index contributed by atoms with van der Waals surface area (Å²) < 4.78 is 43.5. The Labute approximate surface area is 261 Å². The Balaban J connectivity index is 5.10. The number of nitrogens with one attached hydrogen (secondary N) is 1. The van der Waals surface area contributed by atoms with Crippen LogP contribution in [0, 0.1) is 0 Å². The lowest BCUT2D eigenvalue weighted by atomic mass is 10.0. The average Bonchev–Trinajstić information content (AvgIpc) is 2.91. The largest absolute Gasteiger partial charge is 0.481 e. The van der Waals surface area contributed by atoms with Crippen LogP contribution in [0.25, 0.3) is 0 Å². The zero-order valence-electron chi connectivity index (χ0n) is 27.0. The Morgan fingerprint density at radius 3 is 1.48 bits per heavy atom. The number of hydrogen-bond donors (Lipinski definition) is 2. The first-order valence-corrected chi connectivity index (χ1v) is 14.9. The predicted molar refractivity (Wildman–Crippen MR) is 159 cm³/mol. The zero-order chi connectivity index (χ0) is 33.2. The molecule has 0 saturated heterocycles. The molecular weight excluding hydrogens is 582 g/mol. The zero-order valence-corrected chi connectivity index (χ0v) is 27.0. The molecule has 1 amide bonds. The van der Waals surface area contributed by atoms with Gasteiger partial charge in [0, 0.05) is 0 Å². The van der Waals surface area contributed by atoms with E-state index < -0.39 is 29.4 Å². The van der Waals surface area contributed by atoms with Crippen molar-refractivity contribution in [3.8, 4) is 0 Å². The van der Waals surface area contributed by atoms with Gasteiger partial charge in [-0.3, -0.25) is 19.2 Å². The van der Waals surface area contributed by atoms with E-state index in [-0.39, 0.29) is 90.9 Å². The number of carbonyl (C=O) groups excluding carboxylic acids is 3. The summed E-state index contributed by atoms with van der Waals surface area (Å²) in [6, 6.07) is 0. The Morgan fingerprint density at radius 2 is 1.05 bits per heavy atom. The molecule has 14 heteroatoms. The normalized spacial score (nSPS) is 11.5. The highest BCUT2D eigenvalue weighted by Crippen LogP contribution is 2.11.